The smallest absolute Gasteiger partial charge is 0.289 e. The van der Waals surface area contributed by atoms with Crippen LogP contribution in [0.2, 0.25) is 0 Å². The Labute approximate surface area is 259 Å². The molecule has 2 saturated carbocycles. The number of halogens is 2. The fourth-order valence-corrected chi connectivity index (χ4v) is 6.81. The highest BCUT2D eigenvalue weighted by Crippen LogP contribution is 2.64. The van der Waals surface area contributed by atoms with Crippen LogP contribution < -0.4 is 20.7 Å². The predicted molar refractivity (Wildman–Crippen MR) is 157 cm³/mol. The minimum atomic E-state index is -1.20. The van der Waals surface area contributed by atoms with Gasteiger partial charge in [0.2, 0.25) is 17.6 Å². The van der Waals surface area contributed by atoms with Crippen LogP contribution in [0.1, 0.15) is 39.5 Å². The quantitative estimate of drug-likeness (QED) is 0.330. The number of benzene rings is 2. The minimum absolute atomic E-state index is 0.00637. The van der Waals surface area contributed by atoms with E-state index in [1.54, 1.807) is 24.3 Å². The van der Waals surface area contributed by atoms with Gasteiger partial charge in [-0.05, 0) is 72.8 Å². The molecule has 10 nitrogen and oxygen atoms in total. The van der Waals surface area contributed by atoms with Crippen LogP contribution in [0.4, 0.5) is 8.78 Å². The lowest BCUT2D eigenvalue weighted by molar-refractivity contribution is -0.144. The number of ether oxygens (including phenoxy) is 1. The second-order valence-electron chi connectivity index (χ2n) is 13.1. The summed E-state index contributed by atoms with van der Waals surface area (Å²) in [5.41, 5.74) is 0.538. The number of carbonyl (C=O) groups is 5. The van der Waals surface area contributed by atoms with Crippen molar-refractivity contribution >= 4 is 29.4 Å². The first-order valence-electron chi connectivity index (χ1n) is 15.3. The fraction of sp³-hybridized carbons (Fsp3) is 0.485. The number of nitrogens with zero attached hydrogens (tertiary/aromatic N) is 1. The summed E-state index contributed by atoms with van der Waals surface area (Å²) in [5.74, 6) is -4.37. The number of ketones is 1. The molecule has 5 atom stereocenters. The number of hydrogen-bond donors (Lipinski definition) is 3. The molecule has 0 aromatic heterocycles. The Morgan fingerprint density at radius 2 is 1.80 bits per heavy atom. The van der Waals surface area contributed by atoms with Crippen molar-refractivity contribution in [3.05, 3.63) is 54.1 Å². The van der Waals surface area contributed by atoms with Crippen LogP contribution >= 0.6 is 0 Å². The summed E-state index contributed by atoms with van der Waals surface area (Å²) < 4.78 is 33.2. The van der Waals surface area contributed by atoms with Gasteiger partial charge in [0.25, 0.3) is 11.8 Å². The standard InChI is InChI=1S/C33H36F2N4O6/c1-33(2)23-15-39(26(40)16-45-21-8-3-17(4-9-21)22-10-5-19(34)14-24(22)35)28(27(23)33)31(43)38-25(13-18-11-12-36-30(18)42)29(41)32(44)37-20-6-7-20/h3-5,8-10,14,18,20,23,25,27-28H,6-7,11-13,15-16H2,1-2H3,(H,36,42)(H,37,44)(H,38,43)/t18-,23-,25-,27-,28-/m0/s1. The number of piperidine rings is 1. The molecule has 2 aliphatic heterocycles. The first-order valence-corrected chi connectivity index (χ1v) is 15.3. The van der Waals surface area contributed by atoms with Crippen molar-refractivity contribution in [1.29, 1.82) is 0 Å². The highest BCUT2D eigenvalue weighted by atomic mass is 19.1. The normalized spacial score (nSPS) is 25.2. The van der Waals surface area contributed by atoms with Gasteiger partial charge in [0.1, 0.15) is 23.4 Å². The van der Waals surface area contributed by atoms with E-state index < -0.39 is 53.1 Å². The topological polar surface area (TPSA) is 134 Å². The second-order valence-corrected chi connectivity index (χ2v) is 13.1. The molecule has 2 aliphatic carbocycles. The van der Waals surface area contributed by atoms with E-state index in [2.05, 4.69) is 16.0 Å². The molecule has 4 fully saturated rings. The van der Waals surface area contributed by atoms with E-state index in [4.69, 9.17) is 4.74 Å². The van der Waals surface area contributed by atoms with Gasteiger partial charge in [0.05, 0.1) is 6.04 Å². The third-order valence-electron chi connectivity index (χ3n) is 9.71. The minimum Gasteiger partial charge on any atom is -0.484 e. The Balaban J connectivity index is 1.13. The maximum absolute atomic E-state index is 14.2. The molecule has 0 radical (unpaired) electrons. The third kappa shape index (κ3) is 6.27. The van der Waals surface area contributed by atoms with E-state index in [0.717, 1.165) is 18.9 Å². The summed E-state index contributed by atoms with van der Waals surface area (Å²) in [6, 6.07) is 7.53. The van der Waals surface area contributed by atoms with Crippen LogP contribution in [0.25, 0.3) is 11.1 Å². The van der Waals surface area contributed by atoms with Gasteiger partial charge in [-0.1, -0.05) is 26.0 Å². The zero-order valence-electron chi connectivity index (χ0n) is 25.1. The van der Waals surface area contributed by atoms with Crippen molar-refractivity contribution in [2.24, 2.45) is 23.2 Å². The maximum Gasteiger partial charge on any atom is 0.289 e. The van der Waals surface area contributed by atoms with Crippen LogP contribution in [-0.2, 0) is 24.0 Å². The Morgan fingerprint density at radius 1 is 1.07 bits per heavy atom. The number of hydrogen-bond acceptors (Lipinski definition) is 6. The predicted octanol–water partition coefficient (Wildman–Crippen LogP) is 2.35. The highest BCUT2D eigenvalue weighted by molar-refractivity contribution is 6.38. The molecule has 2 saturated heterocycles. The number of fused-ring (bicyclic) bond motifs is 1. The first kappa shape index (κ1) is 30.7. The Morgan fingerprint density at radius 3 is 2.44 bits per heavy atom. The van der Waals surface area contributed by atoms with Crippen molar-refractivity contribution < 1.29 is 37.5 Å². The Kier molecular flexibility index (Phi) is 8.09. The zero-order valence-corrected chi connectivity index (χ0v) is 25.1. The molecule has 0 spiro atoms. The molecular formula is C33H36F2N4O6. The SMILES string of the molecule is CC1(C)[C@@H]2[C@@H](C(=O)N[C@@H](C[C@@H]3CCNC3=O)C(=O)C(=O)NC3CC3)N(C(=O)COc3ccc(-c4ccc(F)cc4F)cc3)C[C@@H]21. The summed E-state index contributed by atoms with van der Waals surface area (Å²) in [6.45, 7) is 4.50. The van der Waals surface area contributed by atoms with Crippen LogP contribution in [0.3, 0.4) is 0 Å². The lowest BCUT2D eigenvalue weighted by atomic mass is 9.94. The average molecular weight is 623 g/mol. The van der Waals surface area contributed by atoms with Crippen molar-refractivity contribution in [2.45, 2.75) is 57.7 Å². The van der Waals surface area contributed by atoms with Gasteiger partial charge in [-0.15, -0.1) is 0 Å². The van der Waals surface area contributed by atoms with Crippen molar-refractivity contribution in [2.75, 3.05) is 19.7 Å². The van der Waals surface area contributed by atoms with Crippen LogP contribution in [0, 0.1) is 34.8 Å². The molecule has 0 bridgehead atoms. The molecule has 4 aliphatic rings. The fourth-order valence-electron chi connectivity index (χ4n) is 6.81. The van der Waals surface area contributed by atoms with E-state index in [9.17, 15) is 32.8 Å². The molecular weight excluding hydrogens is 586 g/mol. The molecule has 6 rings (SSSR count). The first-order chi connectivity index (χ1) is 21.4. The number of likely N-dealkylation sites (tertiary alicyclic amines) is 1. The Hall–Kier alpha value is -4.35. The Bertz CT molecular complexity index is 1540. The second kappa shape index (κ2) is 11.9. The summed E-state index contributed by atoms with van der Waals surface area (Å²) in [4.78, 5) is 66.8. The maximum atomic E-state index is 14.2. The highest BCUT2D eigenvalue weighted by Gasteiger charge is 2.69. The number of amides is 4. The molecule has 4 amide bonds. The van der Waals surface area contributed by atoms with Gasteiger partial charge < -0.3 is 25.6 Å². The lowest BCUT2D eigenvalue weighted by Crippen LogP contribution is -2.56. The summed E-state index contributed by atoms with van der Waals surface area (Å²) in [6.07, 6.45) is 2.06. The number of rotatable bonds is 11. The van der Waals surface area contributed by atoms with Gasteiger partial charge in [-0.25, -0.2) is 8.78 Å². The molecule has 2 aromatic carbocycles. The molecule has 238 valence electrons. The average Bonchev–Trinajstić information content (AvgIpc) is 3.77. The largest absolute Gasteiger partial charge is 0.484 e. The van der Waals surface area contributed by atoms with E-state index in [1.807, 2.05) is 13.8 Å². The third-order valence-corrected chi connectivity index (χ3v) is 9.71. The molecule has 2 aromatic rings. The summed E-state index contributed by atoms with van der Waals surface area (Å²) >= 11 is 0. The van der Waals surface area contributed by atoms with E-state index >= 15 is 0 Å². The van der Waals surface area contributed by atoms with Crippen molar-refractivity contribution in [3.8, 4) is 16.9 Å². The van der Waals surface area contributed by atoms with E-state index in [0.29, 0.717) is 30.8 Å². The van der Waals surface area contributed by atoms with Crippen LogP contribution in [0.5, 0.6) is 5.75 Å². The number of carbonyl (C=O) groups excluding carboxylic acids is 5. The summed E-state index contributed by atoms with van der Waals surface area (Å²) in [5, 5.41) is 8.13. The zero-order chi connectivity index (χ0) is 32.0. The number of Topliss-reactive ketones (excluding diaryl/α,β-unsaturated/α-hetero) is 1. The van der Waals surface area contributed by atoms with Gasteiger partial charge in [0, 0.05) is 36.7 Å². The summed E-state index contributed by atoms with van der Waals surface area (Å²) in [7, 11) is 0. The van der Waals surface area contributed by atoms with Gasteiger partial charge in [-0.2, -0.15) is 0 Å². The van der Waals surface area contributed by atoms with Gasteiger partial charge in [0.15, 0.2) is 6.61 Å². The number of nitrogens with one attached hydrogen (secondary N) is 3. The van der Waals surface area contributed by atoms with Crippen molar-refractivity contribution in [3.63, 3.8) is 0 Å². The molecule has 45 heavy (non-hydrogen) atoms. The lowest BCUT2D eigenvalue weighted by Gasteiger charge is -2.31. The monoisotopic (exact) mass is 622 g/mol. The van der Waals surface area contributed by atoms with Gasteiger partial charge in [-0.3, -0.25) is 24.0 Å². The molecule has 3 N–H and O–H groups in total. The molecule has 2 heterocycles. The van der Waals surface area contributed by atoms with E-state index in [-0.39, 0.29) is 47.8 Å². The van der Waals surface area contributed by atoms with Crippen LogP contribution in [-0.4, -0.2) is 72.1 Å². The molecule has 0 unspecified atom stereocenters. The molecule has 12 heteroatoms. The van der Waals surface area contributed by atoms with Crippen molar-refractivity contribution in [1.82, 2.24) is 20.9 Å². The van der Waals surface area contributed by atoms with Crippen LogP contribution in [0.15, 0.2) is 42.5 Å². The van der Waals surface area contributed by atoms with Gasteiger partial charge >= 0.3 is 0 Å². The van der Waals surface area contributed by atoms with E-state index in [1.165, 1.54) is 17.0 Å².